The van der Waals surface area contributed by atoms with Gasteiger partial charge in [0.2, 0.25) is 0 Å². The number of carbonyl (C=O) groups is 1. The molecule has 1 fully saturated rings. The van der Waals surface area contributed by atoms with E-state index >= 15 is 0 Å². The van der Waals surface area contributed by atoms with E-state index in [4.69, 9.17) is 14.5 Å². The van der Waals surface area contributed by atoms with Gasteiger partial charge in [-0.15, -0.1) is 11.3 Å². The zero-order chi connectivity index (χ0) is 26.7. The van der Waals surface area contributed by atoms with Gasteiger partial charge in [-0.2, -0.15) is 0 Å². The van der Waals surface area contributed by atoms with E-state index < -0.39 is 6.09 Å². The number of hydrogen-bond acceptors (Lipinski definition) is 8. The molecule has 1 amide bonds. The summed E-state index contributed by atoms with van der Waals surface area (Å²) in [4.78, 5) is 25.3. The molecule has 4 rings (SSSR count). The van der Waals surface area contributed by atoms with Crippen LogP contribution < -0.4 is 15.5 Å². The van der Waals surface area contributed by atoms with Crippen molar-refractivity contribution in [1.29, 1.82) is 0 Å². The summed E-state index contributed by atoms with van der Waals surface area (Å²) < 4.78 is 10.6. The third kappa shape index (κ3) is 7.79. The Balaban J connectivity index is 1.53. The van der Waals surface area contributed by atoms with E-state index in [0.29, 0.717) is 5.69 Å². The Kier molecular flexibility index (Phi) is 10.1. The highest BCUT2D eigenvalue weighted by Gasteiger charge is 2.17. The number of amides is 1. The van der Waals surface area contributed by atoms with Gasteiger partial charge in [0.25, 0.3) is 0 Å². The third-order valence-corrected chi connectivity index (χ3v) is 7.58. The lowest BCUT2D eigenvalue weighted by molar-refractivity contribution is 0.122. The van der Waals surface area contributed by atoms with Gasteiger partial charge in [0.05, 0.1) is 24.3 Å². The molecule has 1 aliphatic rings. The second-order valence-electron chi connectivity index (χ2n) is 9.12. The monoisotopic (exact) mass is 535 g/mol. The van der Waals surface area contributed by atoms with Gasteiger partial charge in [0, 0.05) is 53.7 Å². The van der Waals surface area contributed by atoms with E-state index in [1.54, 1.807) is 17.4 Å². The summed E-state index contributed by atoms with van der Waals surface area (Å²) in [6.07, 6.45) is 6.59. The SMILES string of the molecule is C=CCOC(=O)Nc1cccc(C(CC)Nc2cc(N3CCOCC3)cc(CCc3ncc(CC)s3)n2)c1. The number of carbonyl (C=O) groups excluding carboxylic acids is 1. The maximum atomic E-state index is 12.0. The number of anilines is 3. The van der Waals surface area contributed by atoms with Crippen LogP contribution in [0.2, 0.25) is 0 Å². The number of morpholine rings is 1. The molecule has 2 aromatic heterocycles. The molecular weight excluding hydrogens is 498 g/mol. The van der Waals surface area contributed by atoms with E-state index in [-0.39, 0.29) is 12.6 Å². The van der Waals surface area contributed by atoms with Crippen LogP contribution in [0.4, 0.5) is 22.0 Å². The van der Waals surface area contributed by atoms with E-state index in [2.05, 4.69) is 59.1 Å². The Morgan fingerprint density at radius 1 is 1.24 bits per heavy atom. The molecular formula is C29H37N5O3S. The van der Waals surface area contributed by atoms with Gasteiger partial charge in [-0.25, -0.2) is 14.8 Å². The second kappa shape index (κ2) is 13.9. The van der Waals surface area contributed by atoms with Gasteiger partial charge in [-0.3, -0.25) is 5.32 Å². The zero-order valence-electron chi connectivity index (χ0n) is 22.2. The molecule has 3 aromatic rings. The normalized spacial score (nSPS) is 14.1. The fraction of sp³-hybridized carbons (Fsp3) is 0.414. The highest BCUT2D eigenvalue weighted by Crippen LogP contribution is 2.28. The average molecular weight is 536 g/mol. The first kappa shape index (κ1) is 27.6. The molecule has 1 unspecified atom stereocenters. The average Bonchev–Trinajstić information content (AvgIpc) is 3.42. The Morgan fingerprint density at radius 2 is 2.08 bits per heavy atom. The maximum absolute atomic E-state index is 12.0. The number of rotatable bonds is 12. The summed E-state index contributed by atoms with van der Waals surface area (Å²) in [6, 6.07) is 12.2. The lowest BCUT2D eigenvalue weighted by Crippen LogP contribution is -2.36. The smallest absolute Gasteiger partial charge is 0.411 e. The summed E-state index contributed by atoms with van der Waals surface area (Å²) >= 11 is 1.78. The first-order chi connectivity index (χ1) is 18.6. The van der Waals surface area contributed by atoms with E-state index in [1.165, 1.54) is 4.88 Å². The zero-order valence-corrected chi connectivity index (χ0v) is 23.1. The number of benzene rings is 1. The Labute approximate surface area is 229 Å². The molecule has 38 heavy (non-hydrogen) atoms. The second-order valence-corrected chi connectivity index (χ2v) is 10.3. The molecule has 0 saturated carbocycles. The van der Waals surface area contributed by atoms with Crippen molar-refractivity contribution < 1.29 is 14.3 Å². The first-order valence-electron chi connectivity index (χ1n) is 13.3. The summed E-state index contributed by atoms with van der Waals surface area (Å²) in [5.74, 6) is 0.841. The number of hydrogen-bond donors (Lipinski definition) is 2. The van der Waals surface area contributed by atoms with Crippen LogP contribution in [-0.4, -0.2) is 49.0 Å². The van der Waals surface area contributed by atoms with Gasteiger partial charge in [-0.05, 0) is 43.0 Å². The van der Waals surface area contributed by atoms with Crippen molar-refractivity contribution in [3.63, 3.8) is 0 Å². The fourth-order valence-corrected chi connectivity index (χ4v) is 5.22. The van der Waals surface area contributed by atoms with E-state index in [9.17, 15) is 4.79 Å². The molecule has 2 N–H and O–H groups in total. The summed E-state index contributed by atoms with van der Waals surface area (Å²) in [5, 5.41) is 7.59. The molecule has 8 nitrogen and oxygen atoms in total. The molecule has 0 bridgehead atoms. The molecule has 0 aliphatic carbocycles. The lowest BCUT2D eigenvalue weighted by Gasteiger charge is -2.30. The number of nitrogens with one attached hydrogen (secondary N) is 2. The number of nitrogens with zero attached hydrogens (tertiary/aromatic N) is 3. The summed E-state index contributed by atoms with van der Waals surface area (Å²) in [5.41, 5.74) is 3.94. The minimum absolute atomic E-state index is 0.0207. The van der Waals surface area contributed by atoms with Crippen molar-refractivity contribution >= 4 is 34.6 Å². The maximum Gasteiger partial charge on any atom is 0.411 e. The topological polar surface area (TPSA) is 88.6 Å². The highest BCUT2D eigenvalue weighted by molar-refractivity contribution is 7.11. The van der Waals surface area contributed by atoms with Crippen molar-refractivity contribution in [3.05, 3.63) is 76.4 Å². The van der Waals surface area contributed by atoms with Crippen LogP contribution in [0.1, 0.15) is 47.5 Å². The van der Waals surface area contributed by atoms with Gasteiger partial charge in [0.1, 0.15) is 12.4 Å². The summed E-state index contributed by atoms with van der Waals surface area (Å²) in [6.45, 7) is 11.2. The van der Waals surface area contributed by atoms with Gasteiger partial charge < -0.3 is 19.7 Å². The molecule has 1 aromatic carbocycles. The van der Waals surface area contributed by atoms with Crippen molar-refractivity contribution in [3.8, 4) is 0 Å². The van der Waals surface area contributed by atoms with Crippen molar-refractivity contribution in [1.82, 2.24) is 9.97 Å². The van der Waals surface area contributed by atoms with Crippen molar-refractivity contribution in [2.75, 3.05) is 48.4 Å². The molecule has 1 atom stereocenters. The Bertz CT molecular complexity index is 1210. The molecule has 9 heteroatoms. The van der Waals surface area contributed by atoms with Gasteiger partial charge in [-0.1, -0.05) is 38.6 Å². The molecule has 1 aliphatic heterocycles. The van der Waals surface area contributed by atoms with E-state index in [0.717, 1.165) is 79.8 Å². The number of ether oxygens (including phenoxy) is 2. The van der Waals surface area contributed by atoms with Crippen LogP contribution in [0, 0.1) is 0 Å². The lowest BCUT2D eigenvalue weighted by atomic mass is 10.0. The van der Waals surface area contributed by atoms with Crippen LogP contribution in [0.25, 0.3) is 0 Å². The molecule has 0 radical (unpaired) electrons. The molecule has 202 valence electrons. The molecule has 3 heterocycles. The molecule has 0 spiro atoms. The van der Waals surface area contributed by atoms with Crippen LogP contribution in [0.15, 0.2) is 55.3 Å². The minimum Gasteiger partial charge on any atom is -0.445 e. The molecule has 1 saturated heterocycles. The van der Waals surface area contributed by atoms with Crippen LogP contribution in [0.5, 0.6) is 0 Å². The fourth-order valence-electron chi connectivity index (χ4n) is 4.36. The van der Waals surface area contributed by atoms with Gasteiger partial charge >= 0.3 is 6.09 Å². The number of aryl methyl sites for hydroxylation is 3. The minimum atomic E-state index is -0.501. The van der Waals surface area contributed by atoms with Gasteiger partial charge in [0.15, 0.2) is 0 Å². The first-order valence-corrected chi connectivity index (χ1v) is 14.1. The number of thiazole rings is 1. The van der Waals surface area contributed by atoms with Crippen molar-refractivity contribution in [2.45, 2.75) is 45.6 Å². The highest BCUT2D eigenvalue weighted by atomic mass is 32.1. The predicted octanol–water partition coefficient (Wildman–Crippen LogP) is 6.02. The summed E-state index contributed by atoms with van der Waals surface area (Å²) in [7, 11) is 0. The van der Waals surface area contributed by atoms with Crippen molar-refractivity contribution in [2.24, 2.45) is 0 Å². The Hall–Kier alpha value is -3.43. The third-order valence-electron chi connectivity index (χ3n) is 6.38. The number of aromatic nitrogens is 2. The van der Waals surface area contributed by atoms with Crippen LogP contribution in [-0.2, 0) is 28.7 Å². The quantitative estimate of drug-likeness (QED) is 0.274. The Morgan fingerprint density at radius 3 is 2.82 bits per heavy atom. The predicted molar refractivity (Wildman–Crippen MR) is 154 cm³/mol. The van der Waals surface area contributed by atoms with Crippen LogP contribution >= 0.6 is 11.3 Å². The van der Waals surface area contributed by atoms with Crippen LogP contribution in [0.3, 0.4) is 0 Å². The number of pyridine rings is 1. The largest absolute Gasteiger partial charge is 0.445 e. The van der Waals surface area contributed by atoms with E-state index in [1.807, 2.05) is 24.4 Å². The standard InChI is InChI=1S/C29H37N5O3S/c1-4-14-37-29(35)32-22-9-7-8-21(17-22)26(6-3)33-27-19-24(34-12-15-36-16-13-34)18-23(31-27)10-11-28-30-20-25(5-2)38-28/h4,7-9,17-20,26H,1,5-6,10-16H2,2-3H3,(H,31,33)(H,32,35).